The summed E-state index contributed by atoms with van der Waals surface area (Å²) >= 11 is 1.13. The molecule has 3 rings (SSSR count). The molecule has 29 heavy (non-hydrogen) atoms. The van der Waals surface area contributed by atoms with Crippen LogP contribution in [0.1, 0.15) is 24.2 Å². The summed E-state index contributed by atoms with van der Waals surface area (Å²) in [6.45, 7) is 3.41. The topological polar surface area (TPSA) is 122 Å². The molecule has 0 aliphatic heterocycles. The van der Waals surface area contributed by atoms with Crippen molar-refractivity contribution in [2.75, 3.05) is 11.6 Å². The zero-order valence-corrected chi connectivity index (χ0v) is 18.3. The molecule has 0 bridgehead atoms. The highest BCUT2D eigenvalue weighted by molar-refractivity contribution is 7.90. The van der Waals surface area contributed by atoms with E-state index >= 15 is 0 Å². The van der Waals surface area contributed by atoms with E-state index < -0.39 is 25.8 Å². The van der Waals surface area contributed by atoms with E-state index in [2.05, 4.69) is 15.0 Å². The minimum atomic E-state index is -3.73. The second kappa shape index (κ2) is 7.82. The van der Waals surface area contributed by atoms with Crippen LogP contribution in [-0.2, 0) is 19.9 Å². The number of fused-ring (bicyclic) bond motifs is 1. The minimum Gasteiger partial charge on any atom is -0.298 e. The van der Waals surface area contributed by atoms with Gasteiger partial charge in [-0.25, -0.2) is 26.5 Å². The second-order valence-corrected chi connectivity index (χ2v) is 11.4. The highest BCUT2D eigenvalue weighted by Gasteiger charge is 2.18. The molecule has 1 amide bonds. The van der Waals surface area contributed by atoms with Crippen molar-refractivity contribution in [1.82, 2.24) is 9.71 Å². The number of sulfone groups is 1. The van der Waals surface area contributed by atoms with Crippen LogP contribution in [0.25, 0.3) is 10.2 Å². The van der Waals surface area contributed by atoms with E-state index in [9.17, 15) is 21.6 Å². The number of amides is 1. The third-order valence-electron chi connectivity index (χ3n) is 3.81. The molecule has 0 radical (unpaired) electrons. The van der Waals surface area contributed by atoms with Crippen LogP contribution in [0.2, 0.25) is 0 Å². The predicted octanol–water partition coefficient (Wildman–Crippen LogP) is 2.64. The summed E-state index contributed by atoms with van der Waals surface area (Å²) in [5.41, 5.74) is 0.711. The van der Waals surface area contributed by atoms with E-state index in [1.165, 1.54) is 36.4 Å². The number of hydrogen-bond donors (Lipinski definition) is 2. The lowest BCUT2D eigenvalue weighted by atomic mass is 10.2. The summed E-state index contributed by atoms with van der Waals surface area (Å²) in [5, 5.41) is 2.91. The highest BCUT2D eigenvalue weighted by atomic mass is 32.2. The third kappa shape index (κ3) is 4.99. The molecule has 0 unspecified atom stereocenters. The molecule has 1 aromatic heterocycles. The summed E-state index contributed by atoms with van der Waals surface area (Å²) in [5.74, 6) is -0.519. The summed E-state index contributed by atoms with van der Waals surface area (Å²) in [7, 11) is -7.08. The fourth-order valence-corrected chi connectivity index (χ4v) is 5.46. The number of nitrogens with one attached hydrogen (secondary N) is 2. The van der Waals surface area contributed by atoms with Crippen molar-refractivity contribution in [3.8, 4) is 0 Å². The van der Waals surface area contributed by atoms with Gasteiger partial charge in [0.2, 0.25) is 10.0 Å². The maximum atomic E-state index is 12.6. The van der Waals surface area contributed by atoms with Crippen molar-refractivity contribution in [3.63, 3.8) is 0 Å². The average molecular weight is 454 g/mol. The smallest absolute Gasteiger partial charge is 0.257 e. The van der Waals surface area contributed by atoms with Gasteiger partial charge in [0.05, 0.1) is 20.0 Å². The van der Waals surface area contributed by atoms with Crippen molar-refractivity contribution in [3.05, 3.63) is 48.0 Å². The molecule has 3 aromatic rings. The van der Waals surface area contributed by atoms with E-state index in [-0.39, 0.29) is 26.5 Å². The second-order valence-electron chi connectivity index (χ2n) is 6.68. The van der Waals surface area contributed by atoms with Gasteiger partial charge in [-0.1, -0.05) is 17.4 Å². The summed E-state index contributed by atoms with van der Waals surface area (Å²) in [6.07, 6.45) is 1.12. The maximum absolute atomic E-state index is 12.6. The van der Waals surface area contributed by atoms with Gasteiger partial charge in [0.25, 0.3) is 5.91 Å². The number of nitrogens with zero attached hydrogens (tertiary/aromatic N) is 1. The van der Waals surface area contributed by atoms with Gasteiger partial charge in [-0.2, -0.15) is 0 Å². The quantitative estimate of drug-likeness (QED) is 0.592. The first-order chi connectivity index (χ1) is 13.5. The first kappa shape index (κ1) is 21.4. The molecule has 0 saturated heterocycles. The number of carbonyl (C=O) groups excluding carboxylic acids is 1. The molecule has 0 spiro atoms. The molecule has 2 N–H and O–H groups in total. The van der Waals surface area contributed by atoms with E-state index in [0.29, 0.717) is 10.2 Å². The van der Waals surface area contributed by atoms with Crippen LogP contribution in [-0.4, -0.2) is 40.0 Å². The van der Waals surface area contributed by atoms with Gasteiger partial charge in [0, 0.05) is 17.9 Å². The molecule has 0 atom stereocenters. The van der Waals surface area contributed by atoms with Gasteiger partial charge in [-0.05, 0) is 50.2 Å². The van der Waals surface area contributed by atoms with Gasteiger partial charge >= 0.3 is 0 Å². The summed E-state index contributed by atoms with van der Waals surface area (Å²) < 4.78 is 51.1. The lowest BCUT2D eigenvalue weighted by molar-refractivity contribution is 0.102. The summed E-state index contributed by atoms with van der Waals surface area (Å²) in [4.78, 5) is 17.0. The van der Waals surface area contributed by atoms with Crippen LogP contribution in [0.4, 0.5) is 5.13 Å². The van der Waals surface area contributed by atoms with Gasteiger partial charge in [0.1, 0.15) is 0 Å². The van der Waals surface area contributed by atoms with E-state index in [4.69, 9.17) is 0 Å². The Morgan fingerprint density at radius 3 is 2.41 bits per heavy atom. The molecule has 0 aliphatic carbocycles. The third-order valence-corrected chi connectivity index (χ3v) is 7.51. The van der Waals surface area contributed by atoms with Crippen molar-refractivity contribution < 1.29 is 21.6 Å². The molecule has 0 saturated carbocycles. The number of rotatable bonds is 6. The fourth-order valence-electron chi connectivity index (χ4n) is 2.54. The zero-order chi connectivity index (χ0) is 21.4. The maximum Gasteiger partial charge on any atom is 0.257 e. The normalized spacial score (nSPS) is 12.4. The number of sulfonamides is 1. The molecule has 0 aliphatic rings. The molecule has 11 heteroatoms. The number of hydrogen-bond acceptors (Lipinski definition) is 7. The molecule has 2 aromatic carbocycles. The zero-order valence-electron chi connectivity index (χ0n) is 15.8. The first-order valence-corrected chi connectivity index (χ1v) is 12.7. The highest BCUT2D eigenvalue weighted by Crippen LogP contribution is 2.28. The Balaban J connectivity index is 1.86. The van der Waals surface area contributed by atoms with Crippen molar-refractivity contribution >= 4 is 52.5 Å². The Bertz CT molecular complexity index is 1300. The minimum absolute atomic E-state index is 0.0130. The van der Waals surface area contributed by atoms with E-state index in [1.807, 2.05) is 0 Å². The molecular weight excluding hydrogens is 434 g/mol. The lowest BCUT2D eigenvalue weighted by Gasteiger charge is -2.10. The number of aromatic nitrogens is 1. The number of thiazole rings is 1. The van der Waals surface area contributed by atoms with Gasteiger partial charge < -0.3 is 0 Å². The number of benzene rings is 2. The first-order valence-electron chi connectivity index (χ1n) is 8.50. The Labute approximate surface area is 173 Å². The lowest BCUT2D eigenvalue weighted by Crippen LogP contribution is -2.30. The number of anilines is 1. The molecule has 0 fully saturated rings. The van der Waals surface area contributed by atoms with Gasteiger partial charge in [-0.15, -0.1) is 0 Å². The largest absolute Gasteiger partial charge is 0.298 e. The van der Waals surface area contributed by atoms with Crippen molar-refractivity contribution in [2.24, 2.45) is 0 Å². The average Bonchev–Trinajstić information content (AvgIpc) is 3.01. The Morgan fingerprint density at radius 1 is 1.03 bits per heavy atom. The molecule has 1 heterocycles. The molecule has 8 nitrogen and oxygen atoms in total. The van der Waals surface area contributed by atoms with Crippen LogP contribution in [0, 0.1) is 0 Å². The summed E-state index contributed by atoms with van der Waals surface area (Å²) in [6, 6.07) is 9.93. The van der Waals surface area contributed by atoms with Crippen LogP contribution >= 0.6 is 11.3 Å². The van der Waals surface area contributed by atoms with Gasteiger partial charge in [-0.3, -0.25) is 10.1 Å². The van der Waals surface area contributed by atoms with Crippen LogP contribution in [0.5, 0.6) is 0 Å². The van der Waals surface area contributed by atoms with Crippen molar-refractivity contribution in [2.45, 2.75) is 29.7 Å². The molecular formula is C18H19N3O5S3. The molecule has 154 valence electrons. The van der Waals surface area contributed by atoms with Crippen LogP contribution in [0.3, 0.4) is 0 Å². The number of carbonyl (C=O) groups is 1. The van der Waals surface area contributed by atoms with Crippen LogP contribution < -0.4 is 10.0 Å². The Kier molecular flexibility index (Phi) is 5.77. The monoisotopic (exact) mass is 453 g/mol. The van der Waals surface area contributed by atoms with Crippen LogP contribution in [0.15, 0.2) is 52.3 Å². The fraction of sp³-hybridized carbons (Fsp3) is 0.222. The van der Waals surface area contributed by atoms with Crippen molar-refractivity contribution in [1.29, 1.82) is 0 Å². The Morgan fingerprint density at radius 2 is 1.76 bits per heavy atom. The van der Waals surface area contributed by atoms with E-state index in [0.717, 1.165) is 17.6 Å². The SMILES string of the molecule is CC(C)NS(=O)(=O)c1cccc(C(=O)Nc2nc3ccc(S(C)(=O)=O)cc3s2)c1. The van der Waals surface area contributed by atoms with E-state index in [1.54, 1.807) is 19.9 Å². The Hall–Kier alpha value is -2.34. The predicted molar refractivity (Wildman–Crippen MR) is 113 cm³/mol. The van der Waals surface area contributed by atoms with Gasteiger partial charge in [0.15, 0.2) is 15.0 Å². The standard InChI is InChI=1S/C18H19N3O5S3/c1-11(2)21-29(25,26)14-6-4-5-12(9-14)17(22)20-18-19-15-8-7-13(28(3,23)24)10-16(15)27-18/h4-11,21H,1-3H3,(H,19,20,22).